The lowest BCUT2D eigenvalue weighted by molar-refractivity contribution is -0.137. The molecular weight excluding hydrogens is 293 g/mol. The van der Waals surface area contributed by atoms with Crippen molar-refractivity contribution in [3.05, 3.63) is 40.7 Å². The minimum Gasteiger partial charge on any atom is -0.311 e. The fourth-order valence-corrected chi connectivity index (χ4v) is 1.93. The van der Waals surface area contributed by atoms with Gasteiger partial charge >= 0.3 is 6.18 Å². The lowest BCUT2D eigenvalue weighted by Crippen LogP contribution is -2.16. The molecule has 0 bridgehead atoms. The number of alkyl halides is 3. The molecule has 0 unspecified atom stereocenters. The van der Waals surface area contributed by atoms with E-state index >= 15 is 0 Å². The predicted octanol–water partition coefficient (Wildman–Crippen LogP) is 3.05. The van der Waals surface area contributed by atoms with Gasteiger partial charge in [-0.05, 0) is 24.7 Å². The molecule has 0 aliphatic heterocycles. The van der Waals surface area contributed by atoms with Crippen LogP contribution < -0.4 is 5.32 Å². The number of halogens is 4. The topological polar surface area (TPSA) is 42.7 Å². The van der Waals surface area contributed by atoms with Crippen LogP contribution >= 0.6 is 11.6 Å². The predicted molar refractivity (Wildman–Crippen MR) is 68.8 cm³/mol. The average molecular weight is 305 g/mol. The molecule has 8 heteroatoms. The summed E-state index contributed by atoms with van der Waals surface area (Å²) in [4.78, 5) is 0. The van der Waals surface area contributed by atoms with Crippen molar-refractivity contribution in [2.45, 2.75) is 19.6 Å². The lowest BCUT2D eigenvalue weighted by Gasteiger charge is -2.12. The highest BCUT2D eigenvalue weighted by Crippen LogP contribution is 2.35. The summed E-state index contributed by atoms with van der Waals surface area (Å²) in [5, 5.41) is 10.3. The number of hydrogen-bond acceptors (Lipinski definition) is 3. The van der Waals surface area contributed by atoms with Gasteiger partial charge in [0.1, 0.15) is 0 Å². The second-order valence-corrected chi connectivity index (χ2v) is 4.49. The van der Waals surface area contributed by atoms with Crippen molar-refractivity contribution < 1.29 is 13.2 Å². The third kappa shape index (κ3) is 3.10. The molecule has 1 heterocycles. The molecule has 0 fully saturated rings. The van der Waals surface area contributed by atoms with Crippen molar-refractivity contribution in [3.8, 4) is 5.69 Å². The highest BCUT2D eigenvalue weighted by Gasteiger charge is 2.33. The van der Waals surface area contributed by atoms with Crippen molar-refractivity contribution in [3.63, 3.8) is 0 Å². The van der Waals surface area contributed by atoms with Gasteiger partial charge in [0, 0.05) is 6.54 Å². The molecule has 4 nitrogen and oxygen atoms in total. The molecule has 108 valence electrons. The Kier molecular flexibility index (Phi) is 4.29. The lowest BCUT2D eigenvalue weighted by atomic mass is 10.2. The van der Waals surface area contributed by atoms with Gasteiger partial charge in [-0.25, -0.2) is 4.68 Å². The van der Waals surface area contributed by atoms with Gasteiger partial charge in [-0.15, -0.1) is 5.10 Å². The van der Waals surface area contributed by atoms with Gasteiger partial charge in [0.15, 0.2) is 0 Å². The van der Waals surface area contributed by atoms with Crippen molar-refractivity contribution in [1.29, 1.82) is 0 Å². The van der Waals surface area contributed by atoms with Gasteiger partial charge in [0.05, 0.1) is 28.2 Å². The summed E-state index contributed by atoms with van der Waals surface area (Å²) in [6.45, 7) is 3.13. The molecule has 2 aromatic rings. The monoisotopic (exact) mass is 304 g/mol. The smallest absolute Gasteiger partial charge is 0.311 e. The number of rotatable bonds is 4. The Morgan fingerprint density at radius 1 is 1.35 bits per heavy atom. The van der Waals surface area contributed by atoms with Crippen LogP contribution in [0.15, 0.2) is 24.4 Å². The molecule has 0 amide bonds. The summed E-state index contributed by atoms with van der Waals surface area (Å²) in [6, 6.07) is 3.65. The van der Waals surface area contributed by atoms with E-state index < -0.39 is 11.7 Å². The van der Waals surface area contributed by atoms with Crippen molar-refractivity contribution in [2.24, 2.45) is 0 Å². The van der Waals surface area contributed by atoms with E-state index in [1.165, 1.54) is 23.0 Å². The number of nitrogens with zero attached hydrogens (tertiary/aromatic N) is 3. The number of benzene rings is 1. The first-order valence-electron chi connectivity index (χ1n) is 5.91. The highest BCUT2D eigenvalue weighted by atomic mass is 35.5. The Hall–Kier alpha value is -1.60. The zero-order valence-corrected chi connectivity index (χ0v) is 11.3. The van der Waals surface area contributed by atoms with Crippen LogP contribution in [0.25, 0.3) is 5.69 Å². The van der Waals surface area contributed by atoms with Crippen LogP contribution in [0.3, 0.4) is 0 Å². The van der Waals surface area contributed by atoms with Crippen molar-refractivity contribution >= 4 is 11.6 Å². The highest BCUT2D eigenvalue weighted by molar-refractivity contribution is 6.31. The molecule has 0 spiro atoms. The minimum absolute atomic E-state index is 0.270. The summed E-state index contributed by atoms with van der Waals surface area (Å²) >= 11 is 5.59. The molecular formula is C12H12ClF3N4. The Morgan fingerprint density at radius 2 is 2.10 bits per heavy atom. The first kappa shape index (κ1) is 14.8. The van der Waals surface area contributed by atoms with Crippen LogP contribution in [-0.2, 0) is 12.7 Å². The van der Waals surface area contributed by atoms with E-state index in [0.717, 1.165) is 12.6 Å². The van der Waals surface area contributed by atoms with Crippen LogP contribution in [0.2, 0.25) is 5.02 Å². The van der Waals surface area contributed by atoms with Gasteiger partial charge in [0.2, 0.25) is 0 Å². The summed E-state index contributed by atoms with van der Waals surface area (Å²) < 4.78 is 39.8. The second kappa shape index (κ2) is 5.80. The maximum Gasteiger partial charge on any atom is 0.417 e. The molecule has 1 aromatic heterocycles. The van der Waals surface area contributed by atoms with Gasteiger partial charge in [0.25, 0.3) is 0 Å². The van der Waals surface area contributed by atoms with E-state index in [2.05, 4.69) is 15.6 Å². The Balaban J connectivity index is 2.41. The fourth-order valence-electron chi connectivity index (χ4n) is 1.71. The first-order chi connectivity index (χ1) is 9.43. The van der Waals surface area contributed by atoms with Crippen LogP contribution in [0.1, 0.15) is 18.2 Å². The minimum atomic E-state index is -4.50. The largest absolute Gasteiger partial charge is 0.417 e. The zero-order valence-electron chi connectivity index (χ0n) is 10.6. The zero-order chi connectivity index (χ0) is 14.8. The van der Waals surface area contributed by atoms with Gasteiger partial charge in [-0.2, -0.15) is 13.2 Å². The standard InChI is InChI=1S/C12H12ClF3N4/c1-2-17-6-9-7-18-19-20(9)8-3-4-11(13)10(5-8)12(14,15)16/h3-5,7,17H,2,6H2,1H3. The Labute approximate surface area is 118 Å². The van der Waals surface area contributed by atoms with Crippen LogP contribution in [0, 0.1) is 0 Å². The molecule has 20 heavy (non-hydrogen) atoms. The summed E-state index contributed by atoms with van der Waals surface area (Å²) in [7, 11) is 0. The molecule has 0 aliphatic carbocycles. The maximum absolute atomic E-state index is 12.8. The normalized spacial score (nSPS) is 11.8. The molecule has 0 atom stereocenters. The third-order valence-electron chi connectivity index (χ3n) is 2.68. The van der Waals surface area contributed by atoms with Crippen LogP contribution in [0.4, 0.5) is 13.2 Å². The van der Waals surface area contributed by atoms with Crippen LogP contribution in [-0.4, -0.2) is 21.5 Å². The van der Waals surface area contributed by atoms with Crippen molar-refractivity contribution in [2.75, 3.05) is 6.54 Å². The Morgan fingerprint density at radius 3 is 2.75 bits per heavy atom. The third-order valence-corrected chi connectivity index (χ3v) is 3.01. The first-order valence-corrected chi connectivity index (χ1v) is 6.28. The van der Waals surface area contributed by atoms with E-state index in [-0.39, 0.29) is 10.7 Å². The maximum atomic E-state index is 12.8. The molecule has 2 rings (SSSR count). The SMILES string of the molecule is CCNCc1cnnn1-c1ccc(Cl)c(C(F)(F)F)c1. The molecule has 0 saturated carbocycles. The molecule has 0 saturated heterocycles. The van der Waals surface area contributed by atoms with Crippen LogP contribution in [0.5, 0.6) is 0 Å². The number of nitrogens with one attached hydrogen (secondary N) is 1. The summed E-state index contributed by atoms with van der Waals surface area (Å²) in [6.07, 6.45) is -3.00. The van der Waals surface area contributed by atoms with E-state index in [9.17, 15) is 13.2 Å². The molecule has 0 aliphatic rings. The fraction of sp³-hybridized carbons (Fsp3) is 0.333. The Bertz CT molecular complexity index is 595. The molecule has 1 aromatic carbocycles. The van der Waals surface area contributed by atoms with Gasteiger partial charge in [-0.1, -0.05) is 23.7 Å². The molecule has 0 radical (unpaired) electrons. The quantitative estimate of drug-likeness (QED) is 0.944. The van der Waals surface area contributed by atoms with Crippen molar-refractivity contribution in [1.82, 2.24) is 20.3 Å². The number of hydrogen-bond donors (Lipinski definition) is 1. The van der Waals surface area contributed by atoms with Gasteiger partial charge in [-0.3, -0.25) is 0 Å². The molecule has 1 N–H and O–H groups in total. The van der Waals surface area contributed by atoms with Gasteiger partial charge < -0.3 is 5.32 Å². The van der Waals surface area contributed by atoms with E-state index in [1.807, 2.05) is 6.92 Å². The summed E-state index contributed by atoms with van der Waals surface area (Å²) in [5.41, 5.74) is 0.0518. The van der Waals surface area contributed by atoms with E-state index in [0.29, 0.717) is 12.2 Å². The second-order valence-electron chi connectivity index (χ2n) is 4.08. The summed E-state index contributed by atoms with van der Waals surface area (Å²) in [5.74, 6) is 0. The number of aromatic nitrogens is 3. The van der Waals surface area contributed by atoms with E-state index in [1.54, 1.807) is 0 Å². The van der Waals surface area contributed by atoms with E-state index in [4.69, 9.17) is 11.6 Å². The average Bonchev–Trinajstić information content (AvgIpc) is 2.84.